The lowest BCUT2D eigenvalue weighted by Gasteiger charge is -2.26. The van der Waals surface area contributed by atoms with Crippen LogP contribution in [0.4, 0.5) is 0 Å². The fourth-order valence-electron chi connectivity index (χ4n) is 1.39. The monoisotopic (exact) mass is 289 g/mol. The summed E-state index contributed by atoms with van der Waals surface area (Å²) in [7, 11) is 0. The van der Waals surface area contributed by atoms with Crippen molar-refractivity contribution in [2.45, 2.75) is 6.42 Å². The Morgan fingerprint density at radius 2 is 1.94 bits per heavy atom. The van der Waals surface area contributed by atoms with Crippen molar-refractivity contribution in [3.05, 3.63) is 0 Å². The molecular weight excluding hydrogens is 269 g/mol. The van der Waals surface area contributed by atoms with Gasteiger partial charge in [-0.1, -0.05) is 0 Å². The van der Waals surface area contributed by atoms with Gasteiger partial charge < -0.3 is 10.5 Å². The molecule has 4 nitrogen and oxygen atoms in total. The first kappa shape index (κ1) is 18.7. The zero-order chi connectivity index (χ0) is 10.2. The Morgan fingerprint density at radius 1 is 1.31 bits per heavy atom. The molecule has 1 saturated heterocycles. The topological polar surface area (TPSA) is 50.8 Å². The van der Waals surface area contributed by atoms with E-state index in [2.05, 4.69) is 22.5 Å². The number of rotatable bonds is 5. The Morgan fingerprint density at radius 3 is 2.50 bits per heavy atom. The third-order valence-electron chi connectivity index (χ3n) is 2.21. The molecule has 0 aromatic carbocycles. The van der Waals surface area contributed by atoms with Crippen molar-refractivity contribution in [2.75, 3.05) is 45.1 Å². The summed E-state index contributed by atoms with van der Waals surface area (Å²) < 4.78 is 5.26. The van der Waals surface area contributed by atoms with E-state index in [-0.39, 0.29) is 24.8 Å². The summed E-state index contributed by atoms with van der Waals surface area (Å²) in [4.78, 5) is 6.59. The lowest BCUT2D eigenvalue weighted by atomic mass is 10.3. The summed E-state index contributed by atoms with van der Waals surface area (Å²) in [5.41, 5.74) is 5.53. The quantitative estimate of drug-likeness (QED) is 0.341. The van der Waals surface area contributed by atoms with Crippen molar-refractivity contribution < 1.29 is 4.74 Å². The van der Waals surface area contributed by atoms with E-state index in [0.29, 0.717) is 11.6 Å². The molecule has 0 unspecified atom stereocenters. The van der Waals surface area contributed by atoms with Crippen LogP contribution in [-0.4, -0.2) is 55.9 Å². The van der Waals surface area contributed by atoms with Gasteiger partial charge in [0.2, 0.25) is 0 Å². The van der Waals surface area contributed by atoms with E-state index in [4.69, 9.17) is 10.5 Å². The summed E-state index contributed by atoms with van der Waals surface area (Å²) in [6.45, 7) is 5.72. The second-order valence-electron chi connectivity index (χ2n) is 3.34. The van der Waals surface area contributed by atoms with E-state index in [9.17, 15) is 0 Å². The highest BCUT2D eigenvalue weighted by Gasteiger charge is 2.08. The average Bonchev–Trinajstić information content (AvgIpc) is 2.25. The standard InChI is InChI=1S/C9H19N3OS.2ClH/c10-9(8-14)11-2-1-3-12-4-6-13-7-5-12;;/h14H,1-8H2,(H2,10,11);2*1H. The molecule has 7 heteroatoms. The predicted molar refractivity (Wildman–Crippen MR) is 76.7 cm³/mol. The number of ether oxygens (including phenoxy) is 1. The lowest BCUT2D eigenvalue weighted by Crippen LogP contribution is -2.37. The van der Waals surface area contributed by atoms with E-state index in [1.165, 1.54) is 0 Å². The average molecular weight is 290 g/mol. The van der Waals surface area contributed by atoms with Crippen LogP contribution in [0.3, 0.4) is 0 Å². The number of hydrogen-bond donors (Lipinski definition) is 2. The molecule has 1 rings (SSSR count). The summed E-state index contributed by atoms with van der Waals surface area (Å²) in [5.74, 6) is 1.19. The number of nitrogens with two attached hydrogens (primary N) is 1. The van der Waals surface area contributed by atoms with Gasteiger partial charge in [0.25, 0.3) is 0 Å². The lowest BCUT2D eigenvalue weighted by molar-refractivity contribution is 0.0377. The molecule has 1 heterocycles. The summed E-state index contributed by atoms with van der Waals surface area (Å²) >= 11 is 4.04. The summed E-state index contributed by atoms with van der Waals surface area (Å²) in [5, 5.41) is 0. The molecular formula is C9H21Cl2N3OS. The fraction of sp³-hybridized carbons (Fsp3) is 0.889. The molecule has 2 N–H and O–H groups in total. The van der Waals surface area contributed by atoms with E-state index in [0.717, 1.165) is 45.8 Å². The van der Waals surface area contributed by atoms with Gasteiger partial charge in [-0.05, 0) is 6.42 Å². The van der Waals surface area contributed by atoms with E-state index in [1.54, 1.807) is 0 Å². The molecule has 1 fully saturated rings. The number of hydrogen-bond acceptors (Lipinski definition) is 4. The minimum atomic E-state index is 0. The van der Waals surface area contributed by atoms with Gasteiger partial charge in [-0.25, -0.2) is 0 Å². The van der Waals surface area contributed by atoms with Crippen LogP contribution in [0.15, 0.2) is 4.99 Å². The minimum Gasteiger partial charge on any atom is -0.387 e. The van der Waals surface area contributed by atoms with Crippen molar-refractivity contribution in [2.24, 2.45) is 10.7 Å². The Hall–Kier alpha value is 0.320. The fourth-order valence-corrected chi connectivity index (χ4v) is 1.49. The molecule has 16 heavy (non-hydrogen) atoms. The molecule has 0 aromatic heterocycles. The maximum atomic E-state index is 5.53. The highest BCUT2D eigenvalue weighted by molar-refractivity contribution is 7.81. The van der Waals surface area contributed by atoms with Crippen LogP contribution >= 0.6 is 37.4 Å². The van der Waals surface area contributed by atoms with Crippen LogP contribution in [0.5, 0.6) is 0 Å². The van der Waals surface area contributed by atoms with Crippen LogP contribution in [-0.2, 0) is 4.74 Å². The molecule has 0 aromatic rings. The second-order valence-corrected chi connectivity index (χ2v) is 3.65. The van der Waals surface area contributed by atoms with Gasteiger partial charge in [0.1, 0.15) is 5.84 Å². The molecule has 0 saturated carbocycles. The van der Waals surface area contributed by atoms with Gasteiger partial charge in [0.15, 0.2) is 0 Å². The maximum absolute atomic E-state index is 5.53. The highest BCUT2D eigenvalue weighted by Crippen LogP contribution is 1.97. The third-order valence-corrected chi connectivity index (χ3v) is 2.54. The van der Waals surface area contributed by atoms with Gasteiger partial charge in [-0.3, -0.25) is 9.89 Å². The second kappa shape index (κ2) is 11.8. The SMILES string of the molecule is Cl.Cl.NC(CS)=NCCCN1CCOCC1. The van der Waals surface area contributed by atoms with E-state index >= 15 is 0 Å². The first-order valence-corrected chi connectivity index (χ1v) is 5.66. The summed E-state index contributed by atoms with van der Waals surface area (Å²) in [6.07, 6.45) is 1.06. The minimum absolute atomic E-state index is 0. The number of amidine groups is 1. The van der Waals surface area contributed by atoms with Gasteiger partial charge in [0, 0.05) is 31.9 Å². The Kier molecular flexibility index (Phi) is 13.8. The first-order valence-electron chi connectivity index (χ1n) is 5.02. The molecule has 0 aliphatic carbocycles. The molecule has 1 aliphatic heterocycles. The maximum Gasteiger partial charge on any atom is 0.103 e. The van der Waals surface area contributed by atoms with Crippen LogP contribution in [0, 0.1) is 0 Å². The smallest absolute Gasteiger partial charge is 0.103 e. The zero-order valence-electron chi connectivity index (χ0n) is 9.30. The van der Waals surface area contributed by atoms with Gasteiger partial charge in [-0.2, -0.15) is 12.6 Å². The van der Waals surface area contributed by atoms with Crippen molar-refractivity contribution >= 4 is 43.3 Å². The van der Waals surface area contributed by atoms with Crippen molar-refractivity contribution in [1.29, 1.82) is 0 Å². The van der Waals surface area contributed by atoms with Crippen molar-refractivity contribution in [3.63, 3.8) is 0 Å². The molecule has 0 radical (unpaired) electrons. The zero-order valence-corrected chi connectivity index (χ0v) is 11.8. The first-order chi connectivity index (χ1) is 6.83. The van der Waals surface area contributed by atoms with Crippen LogP contribution in [0.25, 0.3) is 0 Å². The Balaban J connectivity index is 0. The Labute approximate surface area is 115 Å². The van der Waals surface area contributed by atoms with Crippen molar-refractivity contribution in [1.82, 2.24) is 4.90 Å². The van der Waals surface area contributed by atoms with E-state index in [1.807, 2.05) is 0 Å². The van der Waals surface area contributed by atoms with Crippen LogP contribution in [0.2, 0.25) is 0 Å². The van der Waals surface area contributed by atoms with Crippen LogP contribution < -0.4 is 5.73 Å². The molecule has 98 valence electrons. The number of aliphatic imine (C=N–C) groups is 1. The predicted octanol–water partition coefficient (Wildman–Crippen LogP) is 0.839. The molecule has 0 bridgehead atoms. The van der Waals surface area contributed by atoms with Gasteiger partial charge in [-0.15, -0.1) is 24.8 Å². The number of thiol groups is 1. The normalized spacial score (nSPS) is 17.4. The van der Waals surface area contributed by atoms with Crippen LogP contribution in [0.1, 0.15) is 6.42 Å². The van der Waals surface area contributed by atoms with E-state index < -0.39 is 0 Å². The third kappa shape index (κ3) is 8.47. The van der Waals surface area contributed by atoms with Crippen molar-refractivity contribution in [3.8, 4) is 0 Å². The molecule has 1 aliphatic rings. The molecule has 0 amide bonds. The molecule has 0 atom stereocenters. The largest absolute Gasteiger partial charge is 0.387 e. The number of morpholine rings is 1. The number of halogens is 2. The van der Waals surface area contributed by atoms with Gasteiger partial charge in [0.05, 0.1) is 13.2 Å². The Bertz CT molecular complexity index is 190. The molecule has 0 spiro atoms. The summed E-state index contributed by atoms with van der Waals surface area (Å²) in [6, 6.07) is 0. The highest BCUT2D eigenvalue weighted by atomic mass is 35.5. The number of nitrogens with zero attached hydrogens (tertiary/aromatic N) is 2. The van der Waals surface area contributed by atoms with Gasteiger partial charge >= 0.3 is 0 Å².